The van der Waals surface area contributed by atoms with Gasteiger partial charge in [0.05, 0.1) is 6.04 Å². The smallest absolute Gasteiger partial charge is 0.326 e. The van der Waals surface area contributed by atoms with Crippen LogP contribution in [-0.2, 0) is 4.79 Å². The summed E-state index contributed by atoms with van der Waals surface area (Å²) in [6, 6.07) is -1.79. The van der Waals surface area contributed by atoms with Crippen molar-refractivity contribution in [1.29, 1.82) is 0 Å². The summed E-state index contributed by atoms with van der Waals surface area (Å²) < 4.78 is 0. The third-order valence-corrected chi connectivity index (χ3v) is 2.77. The first kappa shape index (κ1) is 15.7. The number of terminal acetylenes is 1. The van der Waals surface area contributed by atoms with Crippen LogP contribution in [0.2, 0.25) is 0 Å². The zero-order valence-electron chi connectivity index (χ0n) is 10.0. The summed E-state index contributed by atoms with van der Waals surface area (Å²) in [5.74, 6) is 2.04. The third-order valence-electron chi connectivity index (χ3n) is 2.13. The molecule has 0 saturated heterocycles. The molecule has 0 rings (SSSR count). The molecule has 6 heteroatoms. The normalized spacial score (nSPS) is 13.2. The Morgan fingerprint density at radius 2 is 2.12 bits per heavy atom. The van der Waals surface area contributed by atoms with Crippen molar-refractivity contribution in [2.24, 2.45) is 0 Å². The van der Waals surface area contributed by atoms with Crippen LogP contribution in [0.5, 0.6) is 0 Å². The first-order valence-corrected chi connectivity index (χ1v) is 6.69. The highest BCUT2D eigenvalue weighted by Crippen LogP contribution is 2.01. The van der Waals surface area contributed by atoms with E-state index in [2.05, 4.69) is 16.6 Å². The van der Waals surface area contributed by atoms with Gasteiger partial charge in [-0.05, 0) is 24.9 Å². The first-order chi connectivity index (χ1) is 8.04. The van der Waals surface area contributed by atoms with Gasteiger partial charge in [-0.3, -0.25) is 0 Å². The molecule has 0 aliphatic carbocycles. The van der Waals surface area contributed by atoms with Gasteiger partial charge in [0.1, 0.15) is 6.04 Å². The topological polar surface area (TPSA) is 78.4 Å². The van der Waals surface area contributed by atoms with E-state index in [0.29, 0.717) is 18.6 Å². The zero-order valence-corrected chi connectivity index (χ0v) is 10.8. The van der Waals surface area contributed by atoms with Gasteiger partial charge in [0.25, 0.3) is 0 Å². The highest BCUT2D eigenvalue weighted by atomic mass is 32.2. The molecule has 96 valence electrons. The van der Waals surface area contributed by atoms with Crippen LogP contribution in [0.4, 0.5) is 4.79 Å². The van der Waals surface area contributed by atoms with Crippen LogP contribution < -0.4 is 10.6 Å². The minimum Gasteiger partial charge on any atom is -0.480 e. The number of hydrogen-bond donors (Lipinski definition) is 3. The molecule has 0 bridgehead atoms. The summed E-state index contributed by atoms with van der Waals surface area (Å²) in [4.78, 5) is 22.3. The summed E-state index contributed by atoms with van der Waals surface area (Å²) >= 11 is 1.53. The minimum atomic E-state index is -1.04. The standard InChI is InChI=1S/C11H18N2O3S/c1-4-8(5-2)12-11(16)13-9(10(14)15)6-7-17-3/h1,8-9H,5-7H2,2-3H3,(H,14,15)(H2,12,13,16). The molecule has 0 heterocycles. The lowest BCUT2D eigenvalue weighted by molar-refractivity contribution is -0.139. The average Bonchev–Trinajstić information content (AvgIpc) is 2.30. The van der Waals surface area contributed by atoms with E-state index in [1.165, 1.54) is 11.8 Å². The monoisotopic (exact) mass is 258 g/mol. The quantitative estimate of drug-likeness (QED) is 0.593. The van der Waals surface area contributed by atoms with E-state index in [-0.39, 0.29) is 6.04 Å². The Morgan fingerprint density at radius 3 is 2.53 bits per heavy atom. The highest BCUT2D eigenvalue weighted by molar-refractivity contribution is 7.98. The molecule has 0 aromatic carbocycles. The van der Waals surface area contributed by atoms with Crippen molar-refractivity contribution in [3.05, 3.63) is 0 Å². The van der Waals surface area contributed by atoms with Gasteiger partial charge >= 0.3 is 12.0 Å². The number of carbonyl (C=O) groups excluding carboxylic acids is 1. The van der Waals surface area contributed by atoms with Gasteiger partial charge in [0.15, 0.2) is 0 Å². The summed E-state index contributed by atoms with van der Waals surface area (Å²) in [5, 5.41) is 13.8. The Balaban J connectivity index is 4.21. The number of carboxylic acids is 1. The molecule has 0 fully saturated rings. The summed E-state index contributed by atoms with van der Waals surface area (Å²) in [5.41, 5.74) is 0. The zero-order chi connectivity index (χ0) is 13.3. The van der Waals surface area contributed by atoms with E-state index >= 15 is 0 Å². The molecule has 5 nitrogen and oxygen atoms in total. The summed E-state index contributed by atoms with van der Waals surface area (Å²) in [7, 11) is 0. The second-order valence-electron chi connectivity index (χ2n) is 3.42. The second kappa shape index (κ2) is 8.76. The maximum Gasteiger partial charge on any atom is 0.326 e. The molecular formula is C11H18N2O3S. The van der Waals surface area contributed by atoms with Crippen molar-refractivity contribution in [1.82, 2.24) is 10.6 Å². The van der Waals surface area contributed by atoms with Crippen molar-refractivity contribution in [2.75, 3.05) is 12.0 Å². The molecule has 0 aromatic heterocycles. The molecule has 2 atom stereocenters. The molecule has 0 saturated carbocycles. The number of urea groups is 1. The molecule has 0 aliphatic rings. The van der Waals surface area contributed by atoms with Gasteiger partial charge in [-0.25, -0.2) is 9.59 Å². The van der Waals surface area contributed by atoms with Crippen molar-refractivity contribution in [3.63, 3.8) is 0 Å². The van der Waals surface area contributed by atoms with E-state index in [0.717, 1.165) is 0 Å². The number of rotatable bonds is 7. The van der Waals surface area contributed by atoms with Crippen LogP contribution in [0.3, 0.4) is 0 Å². The molecule has 2 amide bonds. The minimum absolute atomic E-state index is 0.370. The summed E-state index contributed by atoms with van der Waals surface area (Å²) in [6.07, 6.45) is 8.06. The molecule has 0 spiro atoms. The maximum atomic E-state index is 11.5. The SMILES string of the molecule is C#CC(CC)NC(=O)NC(CCSC)C(=O)O. The molecule has 3 N–H and O–H groups in total. The van der Waals surface area contributed by atoms with Crippen LogP contribution in [-0.4, -0.2) is 41.2 Å². The Labute approximate surface area is 106 Å². The van der Waals surface area contributed by atoms with Gasteiger partial charge in [-0.15, -0.1) is 6.42 Å². The molecule has 2 unspecified atom stereocenters. The lowest BCUT2D eigenvalue weighted by Gasteiger charge is -2.16. The predicted octanol–water partition coefficient (Wildman–Crippen LogP) is 0.904. The van der Waals surface area contributed by atoms with Crippen molar-refractivity contribution in [2.45, 2.75) is 31.8 Å². The van der Waals surface area contributed by atoms with E-state index in [9.17, 15) is 9.59 Å². The third kappa shape index (κ3) is 6.74. The van der Waals surface area contributed by atoms with Crippen LogP contribution >= 0.6 is 11.8 Å². The van der Waals surface area contributed by atoms with Gasteiger partial charge in [-0.1, -0.05) is 12.8 Å². The number of hydrogen-bond acceptors (Lipinski definition) is 3. The molecule has 17 heavy (non-hydrogen) atoms. The average molecular weight is 258 g/mol. The number of amides is 2. The van der Waals surface area contributed by atoms with Gasteiger partial charge in [0, 0.05) is 0 Å². The van der Waals surface area contributed by atoms with E-state index < -0.39 is 18.0 Å². The largest absolute Gasteiger partial charge is 0.480 e. The van der Waals surface area contributed by atoms with Crippen LogP contribution in [0, 0.1) is 12.3 Å². The van der Waals surface area contributed by atoms with E-state index in [1.54, 1.807) is 0 Å². The van der Waals surface area contributed by atoms with E-state index in [1.807, 2.05) is 13.2 Å². The molecular weight excluding hydrogens is 240 g/mol. The fourth-order valence-electron chi connectivity index (χ4n) is 1.11. The van der Waals surface area contributed by atoms with Crippen molar-refractivity contribution >= 4 is 23.8 Å². The number of carboxylic acid groups (broad SMARTS) is 1. The van der Waals surface area contributed by atoms with Crippen LogP contribution in [0.25, 0.3) is 0 Å². The molecule has 0 radical (unpaired) electrons. The predicted molar refractivity (Wildman–Crippen MR) is 69.0 cm³/mol. The van der Waals surface area contributed by atoms with Gasteiger partial charge in [0.2, 0.25) is 0 Å². The van der Waals surface area contributed by atoms with Crippen molar-refractivity contribution < 1.29 is 14.7 Å². The number of aliphatic carboxylic acids is 1. The van der Waals surface area contributed by atoms with Crippen LogP contribution in [0.15, 0.2) is 0 Å². The lowest BCUT2D eigenvalue weighted by Crippen LogP contribution is -2.48. The Bertz CT molecular complexity index is 302. The number of nitrogens with one attached hydrogen (secondary N) is 2. The number of thioether (sulfide) groups is 1. The Kier molecular flexibility index (Phi) is 8.07. The summed E-state index contributed by atoms with van der Waals surface area (Å²) in [6.45, 7) is 1.84. The Morgan fingerprint density at radius 1 is 1.47 bits per heavy atom. The van der Waals surface area contributed by atoms with Crippen LogP contribution in [0.1, 0.15) is 19.8 Å². The van der Waals surface area contributed by atoms with E-state index in [4.69, 9.17) is 11.5 Å². The second-order valence-corrected chi connectivity index (χ2v) is 4.40. The maximum absolute atomic E-state index is 11.5. The van der Waals surface area contributed by atoms with Gasteiger partial charge < -0.3 is 15.7 Å². The lowest BCUT2D eigenvalue weighted by atomic mass is 10.2. The first-order valence-electron chi connectivity index (χ1n) is 5.30. The number of carbonyl (C=O) groups is 2. The highest BCUT2D eigenvalue weighted by Gasteiger charge is 2.19. The fraction of sp³-hybridized carbons (Fsp3) is 0.636. The Hall–Kier alpha value is -1.35. The van der Waals surface area contributed by atoms with Crippen molar-refractivity contribution in [3.8, 4) is 12.3 Å². The molecule has 0 aromatic rings. The van der Waals surface area contributed by atoms with Gasteiger partial charge in [-0.2, -0.15) is 11.8 Å². The fourth-order valence-corrected chi connectivity index (χ4v) is 1.58. The molecule has 0 aliphatic heterocycles.